The smallest absolute Gasteiger partial charge is 0.283 e. The number of ether oxygens (including phenoxy) is 2. The Bertz CT molecular complexity index is 1120. The molecule has 0 amide bonds. The minimum absolute atomic E-state index is 0.0102. The Morgan fingerprint density at radius 1 is 1.04 bits per heavy atom. The summed E-state index contributed by atoms with van der Waals surface area (Å²) in [6.07, 6.45) is 1.39. The molecule has 2 aliphatic rings. The van der Waals surface area contributed by atoms with E-state index in [1.807, 2.05) is 0 Å². The molecule has 27 heavy (non-hydrogen) atoms. The highest BCUT2D eigenvalue weighted by atomic mass is 19.1. The summed E-state index contributed by atoms with van der Waals surface area (Å²) in [6, 6.07) is 13.0. The van der Waals surface area contributed by atoms with E-state index < -0.39 is 17.3 Å². The maximum absolute atomic E-state index is 14.4. The van der Waals surface area contributed by atoms with Crippen molar-refractivity contribution in [1.82, 2.24) is 4.98 Å². The first-order valence-corrected chi connectivity index (χ1v) is 8.29. The van der Waals surface area contributed by atoms with E-state index in [-0.39, 0.29) is 18.4 Å². The van der Waals surface area contributed by atoms with Gasteiger partial charge in [0.15, 0.2) is 17.1 Å². The monoisotopic (exact) mass is 365 g/mol. The summed E-state index contributed by atoms with van der Waals surface area (Å²) in [4.78, 5) is 8.17. The molecule has 0 fully saturated rings. The fourth-order valence-electron chi connectivity index (χ4n) is 3.61. The number of aliphatic imine (C=N–C) groups is 1. The SMILES string of the molecule is NC1=N[C@]2(CO1)c1cc(-c3cccnc3F)ccc1Oc1c(F)cccc12. The summed E-state index contributed by atoms with van der Waals surface area (Å²) in [5.74, 6) is -0.573. The number of hydrogen-bond acceptors (Lipinski definition) is 5. The number of benzene rings is 2. The molecule has 0 unspecified atom stereocenters. The zero-order valence-electron chi connectivity index (χ0n) is 13.9. The van der Waals surface area contributed by atoms with Gasteiger partial charge in [-0.3, -0.25) is 0 Å². The summed E-state index contributed by atoms with van der Waals surface area (Å²) in [7, 11) is 0. The van der Waals surface area contributed by atoms with Gasteiger partial charge in [-0.25, -0.2) is 14.4 Å². The van der Waals surface area contributed by atoms with Crippen molar-refractivity contribution >= 4 is 6.02 Å². The Morgan fingerprint density at radius 3 is 2.70 bits per heavy atom. The molecule has 5 rings (SSSR count). The van der Waals surface area contributed by atoms with Crippen LogP contribution in [0.4, 0.5) is 8.78 Å². The topological polar surface area (TPSA) is 69.7 Å². The highest BCUT2D eigenvalue weighted by Gasteiger charge is 2.47. The lowest BCUT2D eigenvalue weighted by Gasteiger charge is -2.33. The molecule has 134 valence electrons. The summed E-state index contributed by atoms with van der Waals surface area (Å²) in [6.45, 7) is 0.102. The maximum Gasteiger partial charge on any atom is 0.283 e. The summed E-state index contributed by atoms with van der Waals surface area (Å²) >= 11 is 0. The quantitative estimate of drug-likeness (QED) is 0.668. The van der Waals surface area contributed by atoms with Gasteiger partial charge >= 0.3 is 0 Å². The van der Waals surface area contributed by atoms with E-state index in [9.17, 15) is 8.78 Å². The van der Waals surface area contributed by atoms with Crippen molar-refractivity contribution in [2.24, 2.45) is 10.7 Å². The van der Waals surface area contributed by atoms with Gasteiger partial charge in [-0.2, -0.15) is 4.39 Å². The summed E-state index contributed by atoms with van der Waals surface area (Å²) in [5, 5.41) is 0. The van der Waals surface area contributed by atoms with Crippen LogP contribution in [0.1, 0.15) is 11.1 Å². The summed E-state index contributed by atoms with van der Waals surface area (Å²) < 4.78 is 39.8. The Kier molecular flexibility index (Phi) is 3.21. The third-order valence-electron chi connectivity index (χ3n) is 4.85. The Balaban J connectivity index is 1.77. The Hall–Kier alpha value is -3.48. The maximum atomic E-state index is 14.4. The third kappa shape index (κ3) is 2.21. The number of pyridine rings is 1. The van der Waals surface area contributed by atoms with Crippen LogP contribution in [0.2, 0.25) is 0 Å². The molecule has 3 heterocycles. The predicted octanol–water partition coefficient (Wildman–Crippen LogP) is 3.72. The molecule has 7 heteroatoms. The van der Waals surface area contributed by atoms with Crippen molar-refractivity contribution in [2.75, 3.05) is 6.61 Å². The van der Waals surface area contributed by atoms with Crippen LogP contribution in [-0.4, -0.2) is 17.6 Å². The first-order valence-electron chi connectivity index (χ1n) is 8.29. The summed E-state index contributed by atoms with van der Waals surface area (Å²) in [5.41, 5.74) is 6.82. The second-order valence-electron chi connectivity index (χ2n) is 6.37. The van der Waals surface area contributed by atoms with Crippen LogP contribution >= 0.6 is 0 Å². The molecular formula is C20H13F2N3O2. The van der Waals surface area contributed by atoms with Crippen LogP contribution in [0.5, 0.6) is 11.5 Å². The molecule has 2 aromatic carbocycles. The standard InChI is InChI=1S/C20H13F2N3O2/c21-15-5-1-4-13-17(15)27-16-7-6-11(12-3-2-8-24-18(12)22)9-14(16)20(13)10-26-19(23)25-20/h1-9H,10H2,(H2,23,25)/t20-/m0/s1. The molecule has 0 radical (unpaired) electrons. The van der Waals surface area contributed by atoms with E-state index in [0.717, 1.165) is 0 Å². The molecule has 1 spiro atoms. The molecular weight excluding hydrogens is 352 g/mol. The minimum atomic E-state index is -1.05. The number of hydrogen-bond donors (Lipinski definition) is 1. The van der Waals surface area contributed by atoms with Gasteiger partial charge in [-0.05, 0) is 35.9 Å². The number of nitrogens with two attached hydrogens (primary N) is 1. The predicted molar refractivity (Wildman–Crippen MR) is 94.5 cm³/mol. The number of rotatable bonds is 1. The van der Waals surface area contributed by atoms with E-state index >= 15 is 0 Å². The lowest BCUT2D eigenvalue weighted by Crippen LogP contribution is -2.31. The largest absolute Gasteiger partial charge is 0.462 e. The van der Waals surface area contributed by atoms with E-state index in [4.69, 9.17) is 15.2 Å². The van der Waals surface area contributed by atoms with E-state index in [0.29, 0.717) is 28.0 Å². The average molecular weight is 365 g/mol. The number of aromatic nitrogens is 1. The van der Waals surface area contributed by atoms with Gasteiger partial charge in [0.25, 0.3) is 6.02 Å². The number of nitrogens with zero attached hydrogens (tertiary/aromatic N) is 2. The lowest BCUT2D eigenvalue weighted by atomic mass is 9.80. The minimum Gasteiger partial charge on any atom is -0.462 e. The molecule has 2 aliphatic heterocycles. The molecule has 0 saturated carbocycles. The number of amidine groups is 1. The average Bonchev–Trinajstić information content (AvgIpc) is 3.06. The first kappa shape index (κ1) is 15.7. The van der Waals surface area contributed by atoms with Gasteiger partial charge < -0.3 is 15.2 Å². The fourth-order valence-corrected chi connectivity index (χ4v) is 3.61. The normalized spacial score (nSPS) is 19.7. The molecule has 5 nitrogen and oxygen atoms in total. The second kappa shape index (κ2) is 5.51. The molecule has 0 saturated heterocycles. The molecule has 1 aromatic heterocycles. The van der Waals surface area contributed by atoms with E-state index in [1.165, 1.54) is 12.3 Å². The van der Waals surface area contributed by atoms with Crippen LogP contribution in [0.25, 0.3) is 11.1 Å². The third-order valence-corrected chi connectivity index (χ3v) is 4.85. The van der Waals surface area contributed by atoms with Crippen molar-refractivity contribution in [3.8, 4) is 22.6 Å². The van der Waals surface area contributed by atoms with Gasteiger partial charge in [0.2, 0.25) is 5.95 Å². The zero-order valence-corrected chi connectivity index (χ0v) is 13.9. The van der Waals surface area contributed by atoms with Crippen molar-refractivity contribution in [3.05, 3.63) is 77.6 Å². The van der Waals surface area contributed by atoms with Crippen LogP contribution in [-0.2, 0) is 10.3 Å². The molecule has 1 atom stereocenters. The number of para-hydroxylation sites is 1. The molecule has 3 aromatic rings. The molecule has 0 aliphatic carbocycles. The fraction of sp³-hybridized carbons (Fsp3) is 0.100. The number of halogens is 2. The second-order valence-corrected chi connectivity index (χ2v) is 6.37. The highest BCUT2D eigenvalue weighted by Crippen LogP contribution is 2.52. The lowest BCUT2D eigenvalue weighted by molar-refractivity contribution is 0.262. The van der Waals surface area contributed by atoms with Gasteiger partial charge in [0, 0.05) is 22.9 Å². The van der Waals surface area contributed by atoms with Gasteiger partial charge in [0.1, 0.15) is 12.4 Å². The van der Waals surface area contributed by atoms with Crippen LogP contribution < -0.4 is 10.5 Å². The molecule has 2 N–H and O–H groups in total. The zero-order chi connectivity index (χ0) is 18.6. The Labute approximate surface area is 153 Å². The van der Waals surface area contributed by atoms with E-state index in [2.05, 4.69) is 9.98 Å². The molecule has 0 bridgehead atoms. The van der Waals surface area contributed by atoms with Crippen molar-refractivity contribution in [3.63, 3.8) is 0 Å². The van der Waals surface area contributed by atoms with Crippen LogP contribution in [0.3, 0.4) is 0 Å². The van der Waals surface area contributed by atoms with Crippen LogP contribution in [0.15, 0.2) is 59.7 Å². The van der Waals surface area contributed by atoms with Crippen molar-refractivity contribution in [1.29, 1.82) is 0 Å². The Morgan fingerprint density at radius 2 is 1.93 bits per heavy atom. The van der Waals surface area contributed by atoms with Gasteiger partial charge in [0.05, 0.1) is 0 Å². The van der Waals surface area contributed by atoms with Crippen molar-refractivity contribution in [2.45, 2.75) is 5.54 Å². The van der Waals surface area contributed by atoms with Crippen molar-refractivity contribution < 1.29 is 18.3 Å². The van der Waals surface area contributed by atoms with E-state index in [1.54, 1.807) is 42.5 Å². The van der Waals surface area contributed by atoms with Crippen LogP contribution in [0, 0.1) is 11.8 Å². The van der Waals surface area contributed by atoms with Gasteiger partial charge in [-0.15, -0.1) is 0 Å². The number of fused-ring (bicyclic) bond motifs is 4. The van der Waals surface area contributed by atoms with Gasteiger partial charge in [-0.1, -0.05) is 18.2 Å². The highest BCUT2D eigenvalue weighted by molar-refractivity contribution is 5.78. The first-order chi connectivity index (χ1) is 13.1.